The van der Waals surface area contributed by atoms with E-state index in [9.17, 15) is 4.79 Å². The number of anilines is 1. The zero-order valence-corrected chi connectivity index (χ0v) is 10.3. The number of nitrogen functional groups attached to an aromatic ring is 1. The van der Waals surface area contributed by atoms with E-state index >= 15 is 0 Å². The lowest BCUT2D eigenvalue weighted by Crippen LogP contribution is -2.22. The maximum atomic E-state index is 12.1. The predicted octanol–water partition coefficient (Wildman–Crippen LogP) is 0.225. The first kappa shape index (κ1) is 11.4. The third kappa shape index (κ3) is 2.05. The molecule has 7 heteroatoms. The number of nitrogens with zero attached hydrogens (tertiary/aromatic N) is 5. The Bertz CT molecular complexity index is 783. The van der Waals surface area contributed by atoms with Crippen molar-refractivity contribution in [3.05, 3.63) is 52.5 Å². The smallest absolute Gasteiger partial charge is 0.350 e. The standard InChI is InChI=1S/C12H12N6O/c1-8-6-9(13)15-10(14-8)7-18-12(19)17-5-3-2-4-11(17)16-18/h2-6H,7H2,1H3,(H2,13,14,15). The average molecular weight is 256 g/mol. The van der Waals surface area contributed by atoms with Gasteiger partial charge < -0.3 is 5.73 Å². The van der Waals surface area contributed by atoms with Crippen molar-refractivity contribution >= 4 is 11.5 Å². The second-order valence-corrected chi connectivity index (χ2v) is 4.22. The molecule has 0 unspecified atom stereocenters. The largest absolute Gasteiger partial charge is 0.384 e. The summed E-state index contributed by atoms with van der Waals surface area (Å²) < 4.78 is 2.79. The van der Waals surface area contributed by atoms with Gasteiger partial charge in [0, 0.05) is 18.0 Å². The Hall–Kier alpha value is -2.70. The number of hydrogen-bond donors (Lipinski definition) is 1. The fourth-order valence-electron chi connectivity index (χ4n) is 1.93. The summed E-state index contributed by atoms with van der Waals surface area (Å²) in [6, 6.07) is 7.05. The molecule has 3 aromatic rings. The molecule has 7 nitrogen and oxygen atoms in total. The molecule has 0 aromatic carbocycles. The lowest BCUT2D eigenvalue weighted by Gasteiger charge is -2.01. The first-order chi connectivity index (χ1) is 9.13. The molecule has 3 heterocycles. The Morgan fingerprint density at radius 1 is 1.32 bits per heavy atom. The summed E-state index contributed by atoms with van der Waals surface area (Å²) in [4.78, 5) is 20.4. The molecule has 0 spiro atoms. The second kappa shape index (κ2) is 4.20. The molecule has 0 saturated carbocycles. The minimum atomic E-state index is -0.223. The van der Waals surface area contributed by atoms with Crippen LogP contribution in [0.25, 0.3) is 5.65 Å². The molecule has 0 aliphatic heterocycles. The van der Waals surface area contributed by atoms with Crippen LogP contribution < -0.4 is 11.4 Å². The van der Waals surface area contributed by atoms with Crippen molar-refractivity contribution in [3.8, 4) is 0 Å². The van der Waals surface area contributed by atoms with Crippen molar-refractivity contribution < 1.29 is 0 Å². The Morgan fingerprint density at radius 3 is 2.89 bits per heavy atom. The van der Waals surface area contributed by atoms with E-state index in [0.717, 1.165) is 5.69 Å². The van der Waals surface area contributed by atoms with Crippen molar-refractivity contribution in [1.82, 2.24) is 24.1 Å². The fourth-order valence-corrected chi connectivity index (χ4v) is 1.93. The van der Waals surface area contributed by atoms with E-state index in [1.54, 1.807) is 24.4 Å². The van der Waals surface area contributed by atoms with E-state index in [-0.39, 0.29) is 12.2 Å². The molecule has 0 bridgehead atoms. The number of aromatic nitrogens is 5. The monoisotopic (exact) mass is 256 g/mol. The third-order valence-electron chi connectivity index (χ3n) is 2.70. The molecule has 2 N–H and O–H groups in total. The number of rotatable bonds is 2. The molecule has 0 saturated heterocycles. The lowest BCUT2D eigenvalue weighted by atomic mass is 10.4. The van der Waals surface area contributed by atoms with Gasteiger partial charge in [-0.1, -0.05) is 6.07 Å². The molecule has 0 radical (unpaired) electrons. The van der Waals surface area contributed by atoms with Crippen molar-refractivity contribution in [1.29, 1.82) is 0 Å². The van der Waals surface area contributed by atoms with Gasteiger partial charge in [0.25, 0.3) is 0 Å². The van der Waals surface area contributed by atoms with E-state index in [0.29, 0.717) is 17.3 Å². The van der Waals surface area contributed by atoms with E-state index in [4.69, 9.17) is 5.73 Å². The van der Waals surface area contributed by atoms with Gasteiger partial charge in [-0.25, -0.2) is 19.4 Å². The first-order valence-corrected chi connectivity index (χ1v) is 5.78. The maximum Gasteiger partial charge on any atom is 0.350 e. The van der Waals surface area contributed by atoms with Gasteiger partial charge >= 0.3 is 5.69 Å². The van der Waals surface area contributed by atoms with Crippen LogP contribution in [0.5, 0.6) is 0 Å². The highest BCUT2D eigenvalue weighted by atomic mass is 16.2. The molecule has 0 aliphatic carbocycles. The zero-order valence-electron chi connectivity index (χ0n) is 10.3. The summed E-state index contributed by atoms with van der Waals surface area (Å²) in [5.74, 6) is 0.863. The average Bonchev–Trinajstić information content (AvgIpc) is 2.66. The fraction of sp³-hybridized carbons (Fsp3) is 0.167. The molecule has 96 valence electrons. The van der Waals surface area contributed by atoms with E-state index in [1.807, 2.05) is 13.0 Å². The van der Waals surface area contributed by atoms with Crippen LogP contribution in [0.1, 0.15) is 11.5 Å². The number of nitrogens with two attached hydrogens (primary N) is 1. The van der Waals surface area contributed by atoms with Crippen LogP contribution in [0.4, 0.5) is 5.82 Å². The Morgan fingerprint density at radius 2 is 2.16 bits per heavy atom. The minimum Gasteiger partial charge on any atom is -0.384 e. The molecule has 0 atom stereocenters. The predicted molar refractivity (Wildman–Crippen MR) is 69.7 cm³/mol. The van der Waals surface area contributed by atoms with Gasteiger partial charge in [-0.05, 0) is 19.1 Å². The zero-order chi connectivity index (χ0) is 13.4. The Labute approximate surface area is 108 Å². The number of fused-ring (bicyclic) bond motifs is 1. The SMILES string of the molecule is Cc1cc(N)nc(Cn2nc3ccccn3c2=O)n1. The highest BCUT2D eigenvalue weighted by molar-refractivity contribution is 5.35. The van der Waals surface area contributed by atoms with Crippen LogP contribution in [0.15, 0.2) is 35.3 Å². The van der Waals surface area contributed by atoms with Gasteiger partial charge in [-0.3, -0.25) is 4.40 Å². The minimum absolute atomic E-state index is 0.201. The third-order valence-corrected chi connectivity index (χ3v) is 2.70. The van der Waals surface area contributed by atoms with Crippen molar-refractivity contribution in [3.63, 3.8) is 0 Å². The number of pyridine rings is 1. The van der Waals surface area contributed by atoms with Gasteiger partial charge in [-0.2, -0.15) is 0 Å². The van der Waals surface area contributed by atoms with Crippen LogP contribution in [0, 0.1) is 6.92 Å². The molecule has 0 fully saturated rings. The van der Waals surface area contributed by atoms with Crippen LogP contribution in [-0.4, -0.2) is 24.1 Å². The first-order valence-electron chi connectivity index (χ1n) is 5.78. The summed E-state index contributed by atoms with van der Waals surface area (Å²) in [7, 11) is 0. The Balaban J connectivity index is 2.06. The lowest BCUT2D eigenvalue weighted by molar-refractivity contribution is 0.630. The molecular formula is C12H12N6O. The van der Waals surface area contributed by atoms with Gasteiger partial charge in [0.05, 0.1) is 0 Å². The van der Waals surface area contributed by atoms with Crippen molar-refractivity contribution in [2.75, 3.05) is 5.73 Å². The van der Waals surface area contributed by atoms with Crippen LogP contribution in [0.3, 0.4) is 0 Å². The van der Waals surface area contributed by atoms with Crippen molar-refractivity contribution in [2.24, 2.45) is 0 Å². The highest BCUT2D eigenvalue weighted by Crippen LogP contribution is 2.03. The summed E-state index contributed by atoms with van der Waals surface area (Å²) >= 11 is 0. The van der Waals surface area contributed by atoms with Crippen molar-refractivity contribution in [2.45, 2.75) is 13.5 Å². The molecular weight excluding hydrogens is 244 g/mol. The number of hydrogen-bond acceptors (Lipinski definition) is 5. The summed E-state index contributed by atoms with van der Waals surface area (Å²) in [6.07, 6.45) is 1.67. The molecule has 19 heavy (non-hydrogen) atoms. The van der Waals surface area contributed by atoms with Gasteiger partial charge in [0.15, 0.2) is 11.5 Å². The molecule has 0 amide bonds. The van der Waals surface area contributed by atoms with Gasteiger partial charge in [0.1, 0.15) is 12.4 Å². The summed E-state index contributed by atoms with van der Waals surface area (Å²) in [5.41, 5.74) is 6.79. The van der Waals surface area contributed by atoms with E-state index in [1.165, 1.54) is 9.08 Å². The Kier molecular flexibility index (Phi) is 2.52. The summed E-state index contributed by atoms with van der Waals surface area (Å²) in [5, 5.41) is 4.21. The topological polar surface area (TPSA) is 91.1 Å². The molecule has 0 aliphatic rings. The molecule has 3 rings (SSSR count). The normalized spacial score (nSPS) is 11.0. The van der Waals surface area contributed by atoms with E-state index < -0.39 is 0 Å². The quantitative estimate of drug-likeness (QED) is 0.708. The van der Waals surface area contributed by atoms with E-state index in [2.05, 4.69) is 15.1 Å². The maximum absolute atomic E-state index is 12.1. The summed E-state index contributed by atoms with van der Waals surface area (Å²) in [6.45, 7) is 2.03. The molecule has 3 aromatic heterocycles. The highest BCUT2D eigenvalue weighted by Gasteiger charge is 2.08. The number of aryl methyl sites for hydroxylation is 1. The second-order valence-electron chi connectivity index (χ2n) is 4.22. The van der Waals surface area contributed by atoms with Crippen LogP contribution in [-0.2, 0) is 6.54 Å². The van der Waals surface area contributed by atoms with Gasteiger partial charge in [-0.15, -0.1) is 5.10 Å². The van der Waals surface area contributed by atoms with Gasteiger partial charge in [0.2, 0.25) is 0 Å². The van der Waals surface area contributed by atoms with Crippen LogP contribution >= 0.6 is 0 Å². The van der Waals surface area contributed by atoms with Crippen LogP contribution in [0.2, 0.25) is 0 Å².